The Morgan fingerprint density at radius 2 is 1.96 bits per heavy atom. The number of halogens is 1. The van der Waals surface area contributed by atoms with Crippen LogP contribution in [0.1, 0.15) is 18.4 Å². The van der Waals surface area contributed by atoms with Gasteiger partial charge in [-0.15, -0.1) is 0 Å². The standard InChI is InChI=1S/C16H22BrNO5/c1-20-14-10-13(17)15(21-2)9-11(14)5-6-18-16(19)23-8-7-22-12-3-4-12/h9-10,12H,3-8H2,1-2H3,(H,18,19). The average molecular weight is 388 g/mol. The highest BCUT2D eigenvalue weighted by Crippen LogP contribution is 2.32. The van der Waals surface area contributed by atoms with Crippen molar-refractivity contribution in [3.05, 3.63) is 22.2 Å². The Bertz CT molecular complexity index is 533. The van der Waals surface area contributed by atoms with Crippen molar-refractivity contribution >= 4 is 22.0 Å². The van der Waals surface area contributed by atoms with E-state index in [0.717, 1.165) is 34.4 Å². The van der Waals surface area contributed by atoms with Gasteiger partial charge in [0.25, 0.3) is 0 Å². The van der Waals surface area contributed by atoms with E-state index in [1.165, 1.54) is 0 Å². The zero-order valence-corrected chi connectivity index (χ0v) is 15.0. The van der Waals surface area contributed by atoms with Gasteiger partial charge in [0.05, 0.1) is 31.4 Å². The third-order valence-corrected chi connectivity index (χ3v) is 4.03. The van der Waals surface area contributed by atoms with Crippen LogP contribution in [0.15, 0.2) is 16.6 Å². The predicted octanol–water partition coefficient (Wildman–Crippen LogP) is 2.91. The Morgan fingerprint density at radius 1 is 1.22 bits per heavy atom. The second-order valence-corrected chi connectivity index (χ2v) is 6.04. The van der Waals surface area contributed by atoms with Gasteiger partial charge in [-0.25, -0.2) is 4.79 Å². The molecule has 1 N–H and O–H groups in total. The zero-order chi connectivity index (χ0) is 16.7. The number of ether oxygens (including phenoxy) is 4. The van der Waals surface area contributed by atoms with Gasteiger partial charge in [0.15, 0.2) is 0 Å². The summed E-state index contributed by atoms with van der Waals surface area (Å²) in [6.07, 6.45) is 2.78. The number of nitrogens with one attached hydrogen (secondary N) is 1. The summed E-state index contributed by atoms with van der Waals surface area (Å²) in [4.78, 5) is 11.6. The Balaban J connectivity index is 1.72. The number of methoxy groups -OCH3 is 2. The van der Waals surface area contributed by atoms with Gasteiger partial charge in [0, 0.05) is 6.54 Å². The third-order valence-electron chi connectivity index (χ3n) is 3.41. The molecule has 0 heterocycles. The quantitative estimate of drug-likeness (QED) is 0.659. The smallest absolute Gasteiger partial charge is 0.407 e. The molecule has 23 heavy (non-hydrogen) atoms. The first-order chi connectivity index (χ1) is 11.1. The molecule has 1 amide bonds. The van der Waals surface area contributed by atoms with Crippen molar-refractivity contribution in [2.24, 2.45) is 0 Å². The minimum absolute atomic E-state index is 0.276. The van der Waals surface area contributed by atoms with Crippen molar-refractivity contribution in [2.75, 3.05) is 34.0 Å². The van der Waals surface area contributed by atoms with Crippen molar-refractivity contribution in [2.45, 2.75) is 25.4 Å². The highest BCUT2D eigenvalue weighted by Gasteiger charge is 2.21. The topological polar surface area (TPSA) is 66.0 Å². The first-order valence-corrected chi connectivity index (χ1v) is 8.36. The van der Waals surface area contributed by atoms with Crippen molar-refractivity contribution in [3.8, 4) is 11.5 Å². The Kier molecular flexibility index (Phi) is 6.98. The molecule has 1 aromatic rings. The van der Waals surface area contributed by atoms with Gasteiger partial charge in [-0.1, -0.05) is 0 Å². The lowest BCUT2D eigenvalue weighted by Gasteiger charge is -2.13. The van der Waals surface area contributed by atoms with Crippen LogP contribution >= 0.6 is 15.9 Å². The molecule has 1 saturated carbocycles. The summed E-state index contributed by atoms with van der Waals surface area (Å²) in [7, 11) is 3.22. The monoisotopic (exact) mass is 387 g/mol. The van der Waals surface area contributed by atoms with Gasteiger partial charge in [0.1, 0.15) is 18.1 Å². The van der Waals surface area contributed by atoms with Gasteiger partial charge in [-0.2, -0.15) is 0 Å². The van der Waals surface area contributed by atoms with Crippen molar-refractivity contribution < 1.29 is 23.7 Å². The maximum Gasteiger partial charge on any atom is 0.407 e. The number of amides is 1. The lowest BCUT2D eigenvalue weighted by atomic mass is 10.1. The van der Waals surface area contributed by atoms with E-state index in [9.17, 15) is 4.79 Å². The van der Waals surface area contributed by atoms with Crippen LogP contribution in [-0.2, 0) is 15.9 Å². The van der Waals surface area contributed by atoms with Gasteiger partial charge in [-0.05, 0) is 52.9 Å². The van der Waals surface area contributed by atoms with Crippen molar-refractivity contribution in [1.82, 2.24) is 5.32 Å². The number of hydrogen-bond acceptors (Lipinski definition) is 5. The molecule has 0 atom stereocenters. The molecule has 1 aliphatic rings. The normalized spacial score (nSPS) is 13.5. The van der Waals surface area contributed by atoms with E-state index in [0.29, 0.717) is 25.7 Å². The highest BCUT2D eigenvalue weighted by atomic mass is 79.9. The SMILES string of the molecule is COc1cc(CCNC(=O)OCCOC2CC2)c(OC)cc1Br. The molecule has 0 unspecified atom stereocenters. The van der Waals surface area contributed by atoms with Crippen LogP contribution in [-0.4, -0.2) is 46.2 Å². The fourth-order valence-electron chi connectivity index (χ4n) is 2.05. The molecule has 7 heteroatoms. The number of carbonyl (C=O) groups is 1. The lowest BCUT2D eigenvalue weighted by Crippen LogP contribution is -2.27. The molecule has 0 radical (unpaired) electrons. The fourth-order valence-corrected chi connectivity index (χ4v) is 2.54. The van der Waals surface area contributed by atoms with E-state index in [2.05, 4.69) is 21.2 Å². The van der Waals surface area contributed by atoms with Crippen LogP contribution in [0.5, 0.6) is 11.5 Å². The number of carbonyl (C=O) groups excluding carboxylic acids is 1. The zero-order valence-electron chi connectivity index (χ0n) is 13.4. The summed E-state index contributed by atoms with van der Waals surface area (Å²) in [5, 5.41) is 2.71. The van der Waals surface area contributed by atoms with E-state index in [4.69, 9.17) is 18.9 Å². The summed E-state index contributed by atoms with van der Waals surface area (Å²) in [6.45, 7) is 1.18. The fraction of sp³-hybridized carbons (Fsp3) is 0.562. The minimum atomic E-state index is -0.438. The molecule has 0 aliphatic heterocycles. The molecule has 6 nitrogen and oxygen atoms in total. The first-order valence-electron chi connectivity index (χ1n) is 7.56. The highest BCUT2D eigenvalue weighted by molar-refractivity contribution is 9.10. The van der Waals surface area contributed by atoms with Gasteiger partial charge in [0.2, 0.25) is 0 Å². The summed E-state index contributed by atoms with van der Waals surface area (Å²) in [6, 6.07) is 3.74. The number of rotatable bonds is 9. The van der Waals surface area contributed by atoms with Crippen LogP contribution < -0.4 is 14.8 Å². The molecular formula is C16H22BrNO5. The molecule has 1 aliphatic carbocycles. The number of benzene rings is 1. The molecule has 2 rings (SSSR count). The second-order valence-electron chi connectivity index (χ2n) is 5.18. The predicted molar refractivity (Wildman–Crippen MR) is 89.3 cm³/mol. The van der Waals surface area contributed by atoms with E-state index in [-0.39, 0.29) is 6.61 Å². The molecule has 0 aromatic heterocycles. The van der Waals surface area contributed by atoms with E-state index >= 15 is 0 Å². The van der Waals surface area contributed by atoms with Crippen LogP contribution in [0.3, 0.4) is 0 Å². The molecule has 0 bridgehead atoms. The largest absolute Gasteiger partial charge is 0.496 e. The maximum atomic E-state index is 11.6. The lowest BCUT2D eigenvalue weighted by molar-refractivity contribution is 0.0643. The van der Waals surface area contributed by atoms with E-state index in [1.807, 2.05) is 12.1 Å². The summed E-state index contributed by atoms with van der Waals surface area (Å²) in [5.41, 5.74) is 0.949. The Morgan fingerprint density at radius 3 is 2.61 bits per heavy atom. The maximum absolute atomic E-state index is 11.6. The molecule has 0 saturated heterocycles. The third kappa shape index (κ3) is 5.91. The molecule has 128 valence electrons. The van der Waals surface area contributed by atoms with Gasteiger partial charge in [-0.3, -0.25) is 0 Å². The minimum Gasteiger partial charge on any atom is -0.496 e. The Hall–Kier alpha value is -1.47. The number of alkyl carbamates (subject to hydrolysis) is 1. The second kappa shape index (κ2) is 8.98. The first kappa shape index (κ1) is 17.9. The van der Waals surface area contributed by atoms with E-state index < -0.39 is 6.09 Å². The van der Waals surface area contributed by atoms with Crippen LogP contribution in [0.2, 0.25) is 0 Å². The molecule has 1 aromatic carbocycles. The van der Waals surface area contributed by atoms with Crippen LogP contribution in [0, 0.1) is 0 Å². The van der Waals surface area contributed by atoms with Gasteiger partial charge < -0.3 is 24.3 Å². The van der Waals surface area contributed by atoms with Crippen molar-refractivity contribution in [3.63, 3.8) is 0 Å². The molecule has 0 spiro atoms. The molecule has 1 fully saturated rings. The summed E-state index contributed by atoms with van der Waals surface area (Å²) in [5.74, 6) is 1.46. The summed E-state index contributed by atoms with van der Waals surface area (Å²) >= 11 is 3.42. The van der Waals surface area contributed by atoms with Crippen molar-refractivity contribution in [1.29, 1.82) is 0 Å². The van der Waals surface area contributed by atoms with Crippen LogP contribution in [0.4, 0.5) is 4.79 Å². The summed E-state index contributed by atoms with van der Waals surface area (Å²) < 4.78 is 21.9. The number of hydrogen-bond donors (Lipinski definition) is 1. The van der Waals surface area contributed by atoms with E-state index in [1.54, 1.807) is 14.2 Å². The Labute approximate surface area is 144 Å². The van der Waals surface area contributed by atoms with Gasteiger partial charge >= 0.3 is 6.09 Å². The van der Waals surface area contributed by atoms with Crippen LogP contribution in [0.25, 0.3) is 0 Å². The molecular weight excluding hydrogens is 366 g/mol. The average Bonchev–Trinajstić information content (AvgIpc) is 3.36.